The molecule has 2 unspecified atom stereocenters. The average Bonchev–Trinajstić information content (AvgIpc) is 3.61. The van der Waals surface area contributed by atoms with Crippen LogP contribution in [0, 0.1) is 0 Å². The SMILES string of the molecule is CCOC(=O)c1ccc(CCc2ccccc2C2ON2S(=O)(=O)c2ccccc2)cc1. The normalized spacial score (nSPS) is 17.8. The van der Waals surface area contributed by atoms with E-state index in [1.165, 1.54) is 0 Å². The molecule has 1 fully saturated rings. The Kier molecular flexibility index (Phi) is 6.18. The van der Waals surface area contributed by atoms with Crippen LogP contribution in [0.3, 0.4) is 0 Å². The minimum atomic E-state index is -3.70. The maximum atomic E-state index is 12.8. The van der Waals surface area contributed by atoms with Crippen molar-refractivity contribution in [3.05, 3.63) is 101 Å². The molecule has 160 valence electrons. The van der Waals surface area contributed by atoms with Gasteiger partial charge in [0.2, 0.25) is 0 Å². The monoisotopic (exact) mass is 437 g/mol. The van der Waals surface area contributed by atoms with Gasteiger partial charge in [-0.2, -0.15) is 0 Å². The van der Waals surface area contributed by atoms with E-state index < -0.39 is 16.3 Å². The Morgan fingerprint density at radius 1 is 0.935 bits per heavy atom. The highest BCUT2D eigenvalue weighted by Gasteiger charge is 2.49. The van der Waals surface area contributed by atoms with Crippen molar-refractivity contribution in [1.82, 2.24) is 4.47 Å². The molecule has 2 atom stereocenters. The van der Waals surface area contributed by atoms with Crippen LogP contribution in [0.4, 0.5) is 0 Å². The quantitative estimate of drug-likeness (QED) is 0.388. The van der Waals surface area contributed by atoms with Gasteiger partial charge >= 0.3 is 5.97 Å². The molecule has 0 aromatic heterocycles. The molecule has 7 heteroatoms. The van der Waals surface area contributed by atoms with Crippen molar-refractivity contribution in [2.24, 2.45) is 0 Å². The molecule has 0 bridgehead atoms. The van der Waals surface area contributed by atoms with Crippen molar-refractivity contribution >= 4 is 16.0 Å². The summed E-state index contributed by atoms with van der Waals surface area (Å²) in [4.78, 5) is 17.5. The fraction of sp³-hybridized carbons (Fsp3) is 0.208. The van der Waals surface area contributed by atoms with Crippen LogP contribution in [0.15, 0.2) is 83.8 Å². The third-order valence-electron chi connectivity index (χ3n) is 5.10. The van der Waals surface area contributed by atoms with E-state index in [2.05, 4.69) is 0 Å². The van der Waals surface area contributed by atoms with Gasteiger partial charge in [-0.15, -0.1) is 0 Å². The molecular weight excluding hydrogens is 414 g/mol. The van der Waals surface area contributed by atoms with Gasteiger partial charge < -0.3 is 4.74 Å². The molecule has 0 saturated carbocycles. The van der Waals surface area contributed by atoms with E-state index in [1.807, 2.05) is 36.4 Å². The van der Waals surface area contributed by atoms with Gasteiger partial charge in [-0.1, -0.05) is 54.6 Å². The van der Waals surface area contributed by atoms with Gasteiger partial charge in [0.05, 0.1) is 17.1 Å². The predicted octanol–water partition coefficient (Wildman–Crippen LogP) is 4.28. The van der Waals surface area contributed by atoms with Crippen molar-refractivity contribution in [3.8, 4) is 0 Å². The van der Waals surface area contributed by atoms with Gasteiger partial charge in [-0.3, -0.25) is 4.84 Å². The van der Waals surface area contributed by atoms with E-state index in [0.29, 0.717) is 18.6 Å². The summed E-state index contributed by atoms with van der Waals surface area (Å²) >= 11 is 0. The van der Waals surface area contributed by atoms with E-state index in [0.717, 1.165) is 27.6 Å². The molecule has 0 aliphatic carbocycles. The van der Waals surface area contributed by atoms with Crippen molar-refractivity contribution < 1.29 is 22.8 Å². The summed E-state index contributed by atoms with van der Waals surface area (Å²) in [6.07, 6.45) is 0.847. The van der Waals surface area contributed by atoms with Crippen LogP contribution >= 0.6 is 0 Å². The molecule has 1 heterocycles. The van der Waals surface area contributed by atoms with Crippen molar-refractivity contribution in [3.63, 3.8) is 0 Å². The molecule has 1 aliphatic rings. The Morgan fingerprint density at radius 2 is 1.61 bits per heavy atom. The average molecular weight is 438 g/mol. The number of rotatable bonds is 8. The molecule has 3 aromatic rings. The maximum Gasteiger partial charge on any atom is 0.338 e. The Bertz CT molecular complexity index is 1160. The van der Waals surface area contributed by atoms with Gasteiger partial charge in [-0.05, 0) is 59.6 Å². The lowest BCUT2D eigenvalue weighted by molar-refractivity contribution is 0.0526. The zero-order chi connectivity index (χ0) is 21.8. The third kappa shape index (κ3) is 4.69. The molecule has 4 rings (SSSR count). The predicted molar refractivity (Wildman–Crippen MR) is 116 cm³/mol. The van der Waals surface area contributed by atoms with E-state index in [4.69, 9.17) is 9.57 Å². The molecule has 31 heavy (non-hydrogen) atoms. The van der Waals surface area contributed by atoms with Gasteiger partial charge in [0.1, 0.15) is 0 Å². The van der Waals surface area contributed by atoms with Crippen LogP contribution in [-0.2, 0) is 32.4 Å². The second-order valence-electron chi connectivity index (χ2n) is 7.15. The first-order valence-corrected chi connectivity index (χ1v) is 11.5. The van der Waals surface area contributed by atoms with E-state index >= 15 is 0 Å². The van der Waals surface area contributed by atoms with Gasteiger partial charge in [0, 0.05) is 5.56 Å². The third-order valence-corrected chi connectivity index (χ3v) is 6.72. The fourth-order valence-corrected chi connectivity index (χ4v) is 4.69. The number of hydrogen-bond acceptors (Lipinski definition) is 5. The van der Waals surface area contributed by atoms with E-state index in [1.54, 1.807) is 49.4 Å². The number of benzene rings is 3. The summed E-state index contributed by atoms with van der Waals surface area (Å²) in [5.74, 6) is -0.329. The lowest BCUT2D eigenvalue weighted by Crippen LogP contribution is -2.12. The number of aryl methyl sites for hydroxylation is 2. The smallest absolute Gasteiger partial charge is 0.338 e. The number of carbonyl (C=O) groups excluding carboxylic acids is 1. The molecule has 6 nitrogen and oxygen atoms in total. The number of hydrogen-bond donors (Lipinski definition) is 0. The standard InChI is InChI=1S/C24H23NO5S/c1-2-29-24(26)20-16-13-18(14-17-20)12-15-19-8-6-7-11-22(19)23-25(30-23)31(27,28)21-9-4-3-5-10-21/h3-11,13-14,16-17,23H,2,12,15H2,1H3. The highest BCUT2D eigenvalue weighted by molar-refractivity contribution is 7.89. The van der Waals surface area contributed by atoms with Crippen LogP contribution in [0.5, 0.6) is 0 Å². The first kappa shape index (κ1) is 21.2. The van der Waals surface area contributed by atoms with Crippen LogP contribution < -0.4 is 0 Å². The largest absolute Gasteiger partial charge is 0.462 e. The van der Waals surface area contributed by atoms with Crippen LogP contribution in [-0.4, -0.2) is 25.5 Å². The van der Waals surface area contributed by atoms with Crippen molar-refractivity contribution in [2.75, 3.05) is 6.61 Å². The molecule has 0 N–H and O–H groups in total. The number of hydroxylamine groups is 1. The number of esters is 1. The van der Waals surface area contributed by atoms with Crippen LogP contribution in [0.1, 0.15) is 40.2 Å². The number of carbonyl (C=O) groups is 1. The first-order valence-electron chi connectivity index (χ1n) is 10.1. The van der Waals surface area contributed by atoms with Gasteiger partial charge in [0.15, 0.2) is 6.23 Å². The summed E-state index contributed by atoms with van der Waals surface area (Å²) in [5.41, 5.74) is 3.46. The Balaban J connectivity index is 1.45. The summed E-state index contributed by atoms with van der Waals surface area (Å²) in [6, 6.07) is 23.3. The molecule has 1 saturated heterocycles. The molecule has 3 aromatic carbocycles. The first-order chi connectivity index (χ1) is 15.0. The van der Waals surface area contributed by atoms with Gasteiger partial charge in [-0.25, -0.2) is 13.2 Å². The Morgan fingerprint density at radius 3 is 2.32 bits per heavy atom. The fourth-order valence-electron chi connectivity index (χ4n) is 3.42. The van der Waals surface area contributed by atoms with Crippen molar-refractivity contribution in [1.29, 1.82) is 0 Å². The minimum absolute atomic E-state index is 0.205. The molecule has 0 amide bonds. The maximum absolute atomic E-state index is 12.8. The number of nitrogens with zero attached hydrogens (tertiary/aromatic N) is 1. The van der Waals surface area contributed by atoms with E-state index in [9.17, 15) is 13.2 Å². The molecule has 0 spiro atoms. The Hall–Kier alpha value is -3.00. The van der Waals surface area contributed by atoms with Crippen LogP contribution in [0.2, 0.25) is 0 Å². The summed E-state index contributed by atoms with van der Waals surface area (Å²) in [6.45, 7) is 2.12. The van der Waals surface area contributed by atoms with Crippen LogP contribution in [0.25, 0.3) is 0 Å². The summed E-state index contributed by atoms with van der Waals surface area (Å²) in [5, 5.41) is 0. The van der Waals surface area contributed by atoms with E-state index in [-0.39, 0.29) is 10.9 Å². The highest BCUT2D eigenvalue weighted by Crippen LogP contribution is 2.43. The Labute approximate surface area is 182 Å². The number of ether oxygens (including phenoxy) is 1. The lowest BCUT2D eigenvalue weighted by atomic mass is 9.99. The zero-order valence-electron chi connectivity index (χ0n) is 17.1. The molecular formula is C24H23NO5S. The number of sulfonamides is 1. The second-order valence-corrected chi connectivity index (χ2v) is 8.93. The molecule has 0 radical (unpaired) electrons. The highest BCUT2D eigenvalue weighted by atomic mass is 32.2. The second kappa shape index (κ2) is 9.01. The minimum Gasteiger partial charge on any atom is -0.462 e. The molecule has 1 aliphatic heterocycles. The van der Waals surface area contributed by atoms with Gasteiger partial charge in [0.25, 0.3) is 10.0 Å². The summed E-state index contributed by atoms with van der Waals surface area (Å²) < 4.78 is 31.6. The summed E-state index contributed by atoms with van der Waals surface area (Å²) in [7, 11) is -3.70. The zero-order valence-corrected chi connectivity index (χ0v) is 17.9. The topological polar surface area (TPSA) is 76.0 Å². The van der Waals surface area contributed by atoms with Crippen molar-refractivity contribution in [2.45, 2.75) is 30.9 Å². The lowest BCUT2D eigenvalue weighted by Gasteiger charge is -2.08.